The number of nitrogens with one attached hydrogen (secondary N) is 1. The molecular weight excluding hydrogens is 427 g/mol. The predicted octanol–water partition coefficient (Wildman–Crippen LogP) is 1.52. The zero-order chi connectivity index (χ0) is 24.1. The lowest BCUT2D eigenvalue weighted by molar-refractivity contribution is -0.137. The van der Waals surface area contributed by atoms with E-state index in [-0.39, 0.29) is 37.8 Å². The van der Waals surface area contributed by atoms with E-state index in [4.69, 9.17) is 10.5 Å². The molecule has 0 atom stereocenters. The molecular formula is C24H27FN4O4. The fraction of sp³-hybridized carbons (Fsp3) is 0.250. The second kappa shape index (κ2) is 13.4. The van der Waals surface area contributed by atoms with E-state index in [1.165, 1.54) is 23.1 Å². The summed E-state index contributed by atoms with van der Waals surface area (Å²) in [5.74, 6) is -2.36. The third-order valence-electron chi connectivity index (χ3n) is 4.48. The Morgan fingerprint density at radius 2 is 1.91 bits per heavy atom. The highest BCUT2D eigenvalue weighted by atomic mass is 19.1. The quantitative estimate of drug-likeness (QED) is 0.269. The SMILES string of the molecule is C=CCOC(=O)/C=C(/NCCc1ccc(F)cc1)C(=O)N(CCc1ccccn1)CC(N)=O. The molecule has 0 bridgehead atoms. The molecule has 1 heterocycles. The molecule has 0 saturated heterocycles. The van der Waals surface area contributed by atoms with E-state index >= 15 is 0 Å². The first-order chi connectivity index (χ1) is 15.9. The molecule has 0 unspecified atom stereocenters. The normalized spacial score (nSPS) is 10.9. The molecule has 1 aromatic heterocycles. The van der Waals surface area contributed by atoms with Crippen molar-refractivity contribution < 1.29 is 23.5 Å². The lowest BCUT2D eigenvalue weighted by atomic mass is 10.1. The molecule has 0 saturated carbocycles. The maximum Gasteiger partial charge on any atom is 0.333 e. The zero-order valence-electron chi connectivity index (χ0n) is 18.2. The Morgan fingerprint density at radius 3 is 2.55 bits per heavy atom. The van der Waals surface area contributed by atoms with Gasteiger partial charge in [0.1, 0.15) is 18.1 Å². The Bertz CT molecular complexity index is 978. The van der Waals surface area contributed by atoms with Gasteiger partial charge in [0.25, 0.3) is 5.91 Å². The van der Waals surface area contributed by atoms with Gasteiger partial charge < -0.3 is 20.7 Å². The van der Waals surface area contributed by atoms with E-state index in [2.05, 4.69) is 16.9 Å². The lowest BCUT2D eigenvalue weighted by Gasteiger charge is -2.23. The molecule has 0 spiro atoms. The van der Waals surface area contributed by atoms with Gasteiger partial charge in [-0.15, -0.1) is 0 Å². The molecule has 2 amide bonds. The predicted molar refractivity (Wildman–Crippen MR) is 121 cm³/mol. The van der Waals surface area contributed by atoms with Crippen LogP contribution in [0, 0.1) is 5.82 Å². The summed E-state index contributed by atoms with van der Waals surface area (Å²) in [5.41, 5.74) is 6.86. The zero-order valence-corrected chi connectivity index (χ0v) is 18.2. The Morgan fingerprint density at radius 1 is 1.15 bits per heavy atom. The van der Waals surface area contributed by atoms with E-state index in [9.17, 15) is 18.8 Å². The molecule has 33 heavy (non-hydrogen) atoms. The summed E-state index contributed by atoms with van der Waals surface area (Å²) >= 11 is 0. The number of primary amides is 1. The van der Waals surface area contributed by atoms with E-state index < -0.39 is 17.8 Å². The first kappa shape index (κ1) is 25.3. The lowest BCUT2D eigenvalue weighted by Crippen LogP contribution is -2.43. The van der Waals surface area contributed by atoms with Crippen molar-refractivity contribution in [3.8, 4) is 0 Å². The number of pyridine rings is 1. The van der Waals surface area contributed by atoms with Crippen LogP contribution in [0.1, 0.15) is 11.3 Å². The number of aromatic nitrogens is 1. The highest BCUT2D eigenvalue weighted by molar-refractivity contribution is 6.00. The molecule has 2 rings (SSSR count). The summed E-state index contributed by atoms with van der Waals surface area (Å²) in [5, 5.41) is 2.92. The average molecular weight is 455 g/mol. The Kier molecular flexibility index (Phi) is 10.3. The molecule has 9 heteroatoms. The van der Waals surface area contributed by atoms with Crippen LogP contribution in [0.2, 0.25) is 0 Å². The number of esters is 1. The maximum absolute atomic E-state index is 13.2. The Hall–Kier alpha value is -4.01. The van der Waals surface area contributed by atoms with E-state index in [0.29, 0.717) is 12.8 Å². The minimum atomic E-state index is -0.740. The van der Waals surface area contributed by atoms with Crippen LogP contribution in [0.5, 0.6) is 0 Å². The molecule has 174 valence electrons. The van der Waals surface area contributed by atoms with Crippen molar-refractivity contribution in [2.75, 3.05) is 26.2 Å². The number of nitrogens with zero attached hydrogens (tertiary/aromatic N) is 2. The minimum Gasteiger partial charge on any atom is -0.458 e. The van der Waals surface area contributed by atoms with Crippen LogP contribution in [0.25, 0.3) is 0 Å². The number of amides is 2. The highest BCUT2D eigenvalue weighted by Gasteiger charge is 2.21. The monoisotopic (exact) mass is 454 g/mol. The summed E-state index contributed by atoms with van der Waals surface area (Å²) in [7, 11) is 0. The molecule has 8 nitrogen and oxygen atoms in total. The van der Waals surface area contributed by atoms with Gasteiger partial charge in [0.2, 0.25) is 5.91 Å². The Balaban J connectivity index is 2.14. The van der Waals surface area contributed by atoms with E-state index in [1.807, 2.05) is 6.07 Å². The summed E-state index contributed by atoms with van der Waals surface area (Å²) in [6, 6.07) is 11.3. The topological polar surface area (TPSA) is 115 Å². The van der Waals surface area contributed by atoms with Gasteiger partial charge in [-0.1, -0.05) is 30.9 Å². The van der Waals surface area contributed by atoms with Crippen molar-refractivity contribution in [3.05, 3.63) is 90.2 Å². The van der Waals surface area contributed by atoms with Crippen molar-refractivity contribution in [2.45, 2.75) is 12.8 Å². The van der Waals surface area contributed by atoms with Crippen LogP contribution in [0.15, 0.2) is 73.1 Å². The maximum atomic E-state index is 13.2. The number of hydrogen-bond donors (Lipinski definition) is 2. The molecule has 0 aliphatic rings. The van der Waals surface area contributed by atoms with Crippen LogP contribution in [-0.2, 0) is 32.0 Å². The van der Waals surface area contributed by atoms with Gasteiger partial charge in [-0.05, 0) is 36.2 Å². The third-order valence-corrected chi connectivity index (χ3v) is 4.48. The summed E-state index contributed by atoms with van der Waals surface area (Å²) < 4.78 is 18.1. The fourth-order valence-electron chi connectivity index (χ4n) is 2.89. The smallest absolute Gasteiger partial charge is 0.333 e. The standard InChI is InChI=1S/C24H27FN4O4/c1-2-15-33-23(31)16-21(28-13-10-18-6-8-19(25)9-7-18)24(32)29(17-22(26)30)14-11-20-5-3-4-12-27-20/h2-9,12,16,28H,1,10-11,13-15,17H2,(H2,26,30)/b21-16+. The molecule has 2 aromatic rings. The number of benzene rings is 1. The van der Waals surface area contributed by atoms with Crippen LogP contribution in [0.3, 0.4) is 0 Å². The van der Waals surface area contributed by atoms with Crippen molar-refractivity contribution in [1.29, 1.82) is 0 Å². The number of rotatable bonds is 13. The second-order valence-electron chi connectivity index (χ2n) is 7.04. The highest BCUT2D eigenvalue weighted by Crippen LogP contribution is 2.06. The van der Waals surface area contributed by atoms with Gasteiger partial charge in [0.15, 0.2) is 0 Å². The summed E-state index contributed by atoms with van der Waals surface area (Å²) in [6.07, 6.45) is 4.93. The van der Waals surface area contributed by atoms with Gasteiger partial charge in [0.05, 0.1) is 12.6 Å². The van der Waals surface area contributed by atoms with Gasteiger partial charge in [-0.2, -0.15) is 0 Å². The number of nitrogens with two attached hydrogens (primary N) is 1. The minimum absolute atomic E-state index is 0.0168. The van der Waals surface area contributed by atoms with Crippen LogP contribution >= 0.6 is 0 Å². The third kappa shape index (κ3) is 9.34. The number of carbonyl (C=O) groups excluding carboxylic acids is 3. The van der Waals surface area contributed by atoms with E-state index in [1.54, 1.807) is 30.5 Å². The van der Waals surface area contributed by atoms with Crippen LogP contribution < -0.4 is 11.1 Å². The van der Waals surface area contributed by atoms with Crippen LogP contribution in [0.4, 0.5) is 4.39 Å². The van der Waals surface area contributed by atoms with Gasteiger partial charge in [-0.25, -0.2) is 9.18 Å². The van der Waals surface area contributed by atoms with Crippen molar-refractivity contribution in [1.82, 2.24) is 15.2 Å². The van der Waals surface area contributed by atoms with Crippen molar-refractivity contribution >= 4 is 17.8 Å². The largest absolute Gasteiger partial charge is 0.458 e. The molecule has 3 N–H and O–H groups in total. The Labute approximate surface area is 191 Å². The first-order valence-electron chi connectivity index (χ1n) is 10.3. The molecule has 1 aromatic carbocycles. The number of ether oxygens (including phenoxy) is 1. The fourth-order valence-corrected chi connectivity index (χ4v) is 2.89. The molecule has 0 fully saturated rings. The summed E-state index contributed by atoms with van der Waals surface area (Å²) in [6.45, 7) is 3.58. The van der Waals surface area contributed by atoms with Gasteiger partial charge in [-0.3, -0.25) is 14.6 Å². The number of halogens is 1. The molecule has 0 radical (unpaired) electrons. The van der Waals surface area contributed by atoms with Crippen LogP contribution in [-0.4, -0.2) is 53.9 Å². The second-order valence-corrected chi connectivity index (χ2v) is 7.04. The number of carbonyl (C=O) groups is 3. The summed E-state index contributed by atoms with van der Waals surface area (Å²) in [4.78, 5) is 42.3. The first-order valence-corrected chi connectivity index (χ1v) is 10.3. The van der Waals surface area contributed by atoms with Gasteiger partial charge in [0, 0.05) is 31.4 Å². The van der Waals surface area contributed by atoms with E-state index in [0.717, 1.165) is 17.3 Å². The average Bonchev–Trinajstić information content (AvgIpc) is 2.81. The number of hydrogen-bond acceptors (Lipinski definition) is 6. The molecule has 0 aliphatic heterocycles. The molecule has 0 aliphatic carbocycles. The van der Waals surface area contributed by atoms with Crippen molar-refractivity contribution in [2.24, 2.45) is 5.73 Å². The van der Waals surface area contributed by atoms with Gasteiger partial charge >= 0.3 is 5.97 Å². The van der Waals surface area contributed by atoms with Crippen molar-refractivity contribution in [3.63, 3.8) is 0 Å².